The molecule has 5 rings (SSSR count). The molecule has 3 aromatic carbocycles. The number of nitrogens with zero attached hydrogens (tertiary/aromatic N) is 1. The Kier molecular flexibility index (Phi) is 6.22. The van der Waals surface area contributed by atoms with Gasteiger partial charge in [0.1, 0.15) is 5.58 Å². The van der Waals surface area contributed by atoms with Crippen LogP contribution in [0.25, 0.3) is 11.0 Å². The Morgan fingerprint density at radius 3 is 2.36 bits per heavy atom. The van der Waals surface area contributed by atoms with Gasteiger partial charge in [-0.15, -0.1) is 0 Å². The predicted molar refractivity (Wildman–Crippen MR) is 140 cm³/mol. The van der Waals surface area contributed by atoms with Gasteiger partial charge in [0, 0.05) is 11.6 Å². The molecule has 1 atom stereocenters. The Morgan fingerprint density at radius 2 is 1.67 bits per heavy atom. The molecule has 0 N–H and O–H groups in total. The molecule has 4 aromatic rings. The Labute approximate surface area is 214 Å². The van der Waals surface area contributed by atoms with Crippen LogP contribution < -0.4 is 14.9 Å². The van der Waals surface area contributed by atoms with E-state index in [9.17, 15) is 9.59 Å². The molecule has 0 saturated heterocycles. The number of amides is 1. The van der Waals surface area contributed by atoms with Crippen molar-refractivity contribution in [3.8, 4) is 11.5 Å². The van der Waals surface area contributed by atoms with Crippen molar-refractivity contribution in [2.24, 2.45) is 0 Å². The van der Waals surface area contributed by atoms with Crippen molar-refractivity contribution in [1.82, 2.24) is 4.90 Å². The van der Waals surface area contributed by atoms with E-state index in [2.05, 4.69) is 0 Å². The molecule has 0 bridgehead atoms. The highest BCUT2D eigenvalue weighted by Gasteiger charge is 2.42. The summed E-state index contributed by atoms with van der Waals surface area (Å²) < 4.78 is 16.9. The third-order valence-corrected chi connectivity index (χ3v) is 6.92. The molecule has 6 nitrogen and oxygen atoms in total. The lowest BCUT2D eigenvalue weighted by molar-refractivity contribution is 0.0730. The smallest absolute Gasteiger partial charge is 0.290 e. The van der Waals surface area contributed by atoms with Crippen LogP contribution in [0.2, 0.25) is 5.02 Å². The van der Waals surface area contributed by atoms with Crippen LogP contribution >= 0.6 is 11.6 Å². The number of carbonyl (C=O) groups is 1. The third-order valence-electron chi connectivity index (χ3n) is 6.67. The number of hydrogen-bond donors (Lipinski definition) is 0. The minimum absolute atomic E-state index is 0.103. The van der Waals surface area contributed by atoms with Gasteiger partial charge in [-0.05, 0) is 72.9 Å². The van der Waals surface area contributed by atoms with Gasteiger partial charge >= 0.3 is 0 Å². The molecular weight excluding hydrogens is 478 g/mol. The summed E-state index contributed by atoms with van der Waals surface area (Å²) in [6.45, 7) is 4.20. The summed E-state index contributed by atoms with van der Waals surface area (Å²) in [5.74, 6) is 1.06. The number of benzene rings is 3. The van der Waals surface area contributed by atoms with Gasteiger partial charge in [-0.3, -0.25) is 9.59 Å². The average Bonchev–Trinajstić information content (AvgIpc) is 3.15. The molecule has 0 radical (unpaired) electrons. The number of hydrogen-bond acceptors (Lipinski definition) is 5. The van der Waals surface area contributed by atoms with E-state index < -0.39 is 6.04 Å². The molecule has 1 aliphatic rings. The minimum Gasteiger partial charge on any atom is -0.493 e. The van der Waals surface area contributed by atoms with E-state index in [1.165, 1.54) is 0 Å². The van der Waals surface area contributed by atoms with Crippen LogP contribution in [-0.4, -0.2) is 31.6 Å². The highest BCUT2D eigenvalue weighted by atomic mass is 35.5. The van der Waals surface area contributed by atoms with E-state index in [1.807, 2.05) is 56.3 Å². The van der Waals surface area contributed by atoms with Crippen molar-refractivity contribution < 1.29 is 18.7 Å². The monoisotopic (exact) mass is 503 g/mol. The fourth-order valence-corrected chi connectivity index (χ4v) is 5.11. The molecule has 0 unspecified atom stereocenters. The molecule has 184 valence electrons. The number of aryl methyl sites for hydroxylation is 2. The number of carbonyl (C=O) groups excluding carboxylic acids is 1. The Balaban J connectivity index is 1.61. The molecule has 1 amide bonds. The summed E-state index contributed by atoms with van der Waals surface area (Å²) in [7, 11) is 3.18. The molecule has 1 aromatic heterocycles. The second-order valence-corrected chi connectivity index (χ2v) is 9.46. The highest BCUT2D eigenvalue weighted by molar-refractivity contribution is 6.30. The summed E-state index contributed by atoms with van der Waals surface area (Å²) in [5, 5.41) is 1.07. The first-order valence-electron chi connectivity index (χ1n) is 11.7. The minimum atomic E-state index is -0.577. The summed E-state index contributed by atoms with van der Waals surface area (Å²) >= 11 is 6.14. The zero-order valence-corrected chi connectivity index (χ0v) is 21.3. The van der Waals surface area contributed by atoms with Crippen LogP contribution in [0, 0.1) is 13.8 Å². The molecule has 0 saturated carbocycles. The maximum atomic E-state index is 13.8. The second kappa shape index (κ2) is 9.36. The number of methoxy groups -OCH3 is 2. The van der Waals surface area contributed by atoms with E-state index in [0.717, 1.165) is 22.3 Å². The van der Waals surface area contributed by atoms with Crippen LogP contribution in [0.1, 0.15) is 44.4 Å². The lowest BCUT2D eigenvalue weighted by atomic mass is 9.97. The van der Waals surface area contributed by atoms with E-state index in [1.54, 1.807) is 31.3 Å². The highest BCUT2D eigenvalue weighted by Crippen LogP contribution is 2.39. The lowest BCUT2D eigenvalue weighted by Gasteiger charge is -2.25. The SMILES string of the molecule is COc1ccc(CCN2C(=O)c3oc4c(C)cc(C)cc4c(=O)c3[C@@H]2c2ccc(Cl)cc2)cc1OC. The maximum Gasteiger partial charge on any atom is 0.290 e. The van der Waals surface area contributed by atoms with Gasteiger partial charge in [-0.25, -0.2) is 0 Å². The molecule has 0 spiro atoms. The lowest BCUT2D eigenvalue weighted by Crippen LogP contribution is -2.31. The average molecular weight is 504 g/mol. The fourth-order valence-electron chi connectivity index (χ4n) is 4.98. The Hall–Kier alpha value is -3.77. The number of halogens is 1. The Morgan fingerprint density at radius 1 is 0.944 bits per heavy atom. The first-order chi connectivity index (χ1) is 17.3. The molecule has 2 heterocycles. The zero-order chi connectivity index (χ0) is 25.6. The summed E-state index contributed by atoms with van der Waals surface area (Å²) in [6, 6.07) is 16.1. The molecule has 0 aliphatic carbocycles. The fraction of sp³-hybridized carbons (Fsp3) is 0.241. The van der Waals surface area contributed by atoms with Crippen molar-refractivity contribution in [2.75, 3.05) is 20.8 Å². The van der Waals surface area contributed by atoms with Gasteiger partial charge < -0.3 is 18.8 Å². The van der Waals surface area contributed by atoms with Crippen molar-refractivity contribution >= 4 is 28.5 Å². The Bertz CT molecular complexity index is 1540. The summed E-state index contributed by atoms with van der Waals surface area (Å²) in [5.41, 5.74) is 4.20. The summed E-state index contributed by atoms with van der Waals surface area (Å²) in [4.78, 5) is 29.2. The zero-order valence-electron chi connectivity index (χ0n) is 20.6. The van der Waals surface area contributed by atoms with Gasteiger partial charge in [0.15, 0.2) is 16.9 Å². The largest absolute Gasteiger partial charge is 0.493 e. The van der Waals surface area contributed by atoms with Crippen LogP contribution in [0.3, 0.4) is 0 Å². The quantitative estimate of drug-likeness (QED) is 0.329. The number of fused-ring (bicyclic) bond motifs is 2. The van der Waals surface area contributed by atoms with Crippen LogP contribution in [0.5, 0.6) is 11.5 Å². The summed E-state index contributed by atoms with van der Waals surface area (Å²) in [6.07, 6.45) is 0.552. The van der Waals surface area contributed by atoms with Gasteiger partial charge in [-0.2, -0.15) is 0 Å². The van der Waals surface area contributed by atoms with E-state index in [0.29, 0.717) is 46.0 Å². The van der Waals surface area contributed by atoms with Crippen molar-refractivity contribution in [2.45, 2.75) is 26.3 Å². The van der Waals surface area contributed by atoms with E-state index >= 15 is 0 Å². The van der Waals surface area contributed by atoms with Gasteiger partial charge in [-0.1, -0.05) is 35.9 Å². The first-order valence-corrected chi connectivity index (χ1v) is 12.1. The van der Waals surface area contributed by atoms with Crippen LogP contribution in [0.15, 0.2) is 63.8 Å². The number of ether oxygens (including phenoxy) is 2. The number of rotatable bonds is 6. The third kappa shape index (κ3) is 4.01. The molecular formula is C29H26ClNO5. The van der Waals surface area contributed by atoms with Crippen molar-refractivity contribution in [3.05, 3.63) is 103 Å². The molecule has 0 fully saturated rings. The van der Waals surface area contributed by atoms with E-state index in [4.69, 9.17) is 25.5 Å². The van der Waals surface area contributed by atoms with Crippen LogP contribution in [-0.2, 0) is 6.42 Å². The van der Waals surface area contributed by atoms with E-state index in [-0.39, 0.29) is 17.1 Å². The predicted octanol–water partition coefficient (Wildman–Crippen LogP) is 5.87. The van der Waals surface area contributed by atoms with Crippen molar-refractivity contribution in [1.29, 1.82) is 0 Å². The standard InChI is InChI=1S/C29H26ClNO5/c1-16-13-17(2)27-21(14-16)26(32)24-25(19-6-8-20(30)9-7-19)31(29(33)28(24)36-27)12-11-18-5-10-22(34-3)23(15-18)35-4/h5-10,13-15,25H,11-12H2,1-4H3/t25-/m0/s1. The molecule has 7 heteroatoms. The molecule has 1 aliphatic heterocycles. The molecule has 36 heavy (non-hydrogen) atoms. The second-order valence-electron chi connectivity index (χ2n) is 9.02. The van der Waals surface area contributed by atoms with Crippen molar-refractivity contribution in [3.63, 3.8) is 0 Å². The van der Waals surface area contributed by atoms with Crippen LogP contribution in [0.4, 0.5) is 0 Å². The maximum absolute atomic E-state index is 13.8. The topological polar surface area (TPSA) is 69.0 Å². The van der Waals surface area contributed by atoms with Gasteiger partial charge in [0.25, 0.3) is 5.91 Å². The van der Waals surface area contributed by atoms with Gasteiger partial charge in [0.05, 0.1) is 31.2 Å². The first kappa shape index (κ1) is 23.9. The van der Waals surface area contributed by atoms with Gasteiger partial charge in [0.2, 0.25) is 5.76 Å². The normalized spacial score (nSPS) is 14.9.